The van der Waals surface area contributed by atoms with E-state index in [1.807, 2.05) is 24.0 Å². The number of aromatic nitrogens is 2. The van der Waals surface area contributed by atoms with Crippen molar-refractivity contribution in [2.75, 3.05) is 18.0 Å². The van der Waals surface area contributed by atoms with Gasteiger partial charge in [-0.3, -0.25) is 4.79 Å². The van der Waals surface area contributed by atoms with Crippen molar-refractivity contribution in [2.24, 2.45) is 0 Å². The van der Waals surface area contributed by atoms with Crippen molar-refractivity contribution in [2.45, 2.75) is 31.8 Å². The van der Waals surface area contributed by atoms with Crippen LogP contribution in [0.3, 0.4) is 0 Å². The zero-order chi connectivity index (χ0) is 17.4. The van der Waals surface area contributed by atoms with Crippen LogP contribution in [-0.4, -0.2) is 46.2 Å². The first-order valence-corrected chi connectivity index (χ1v) is 8.55. The number of anilines is 1. The molecule has 2 aromatic rings. The monoisotopic (exact) mass is 333 g/mol. The second-order valence-corrected chi connectivity index (χ2v) is 6.63. The Labute approximate surface area is 146 Å². The third-order valence-electron chi connectivity index (χ3n) is 5.15. The number of carbonyl (C=O) groups is 1. The van der Waals surface area contributed by atoms with Gasteiger partial charge in [-0.15, -0.1) is 5.10 Å². The number of hydrogen-bond acceptors (Lipinski definition) is 5. The summed E-state index contributed by atoms with van der Waals surface area (Å²) in [6, 6.07) is 13.5. The van der Waals surface area contributed by atoms with Gasteiger partial charge >= 0.3 is 0 Å². The van der Waals surface area contributed by atoms with Crippen LogP contribution in [0.5, 0.6) is 0 Å². The number of amides is 1. The highest BCUT2D eigenvalue weighted by Crippen LogP contribution is 2.35. The molecular weight excluding hydrogens is 314 g/mol. The Kier molecular flexibility index (Phi) is 3.85. The smallest absolute Gasteiger partial charge is 0.254 e. The number of hydrogen-bond donors (Lipinski definition) is 0. The van der Waals surface area contributed by atoms with E-state index < -0.39 is 0 Å². The van der Waals surface area contributed by atoms with Crippen molar-refractivity contribution in [3.63, 3.8) is 0 Å². The minimum atomic E-state index is 0.0152. The van der Waals surface area contributed by atoms with Gasteiger partial charge in [-0.1, -0.05) is 6.07 Å². The largest absolute Gasteiger partial charge is 0.350 e. The zero-order valence-electron chi connectivity index (χ0n) is 14.1. The van der Waals surface area contributed by atoms with Gasteiger partial charge in [0.05, 0.1) is 29.4 Å². The van der Waals surface area contributed by atoms with Gasteiger partial charge < -0.3 is 9.80 Å². The van der Waals surface area contributed by atoms with Gasteiger partial charge in [-0.2, -0.15) is 10.4 Å². The maximum atomic E-state index is 12.9. The first-order valence-electron chi connectivity index (χ1n) is 8.55. The third-order valence-corrected chi connectivity index (χ3v) is 5.15. The molecule has 0 N–H and O–H groups in total. The molecule has 0 unspecified atom stereocenters. The van der Waals surface area contributed by atoms with Crippen LogP contribution in [0.4, 0.5) is 5.82 Å². The molecule has 1 aromatic carbocycles. The molecule has 3 heterocycles. The Morgan fingerprint density at radius 3 is 2.76 bits per heavy atom. The van der Waals surface area contributed by atoms with Crippen LogP contribution in [0.1, 0.15) is 34.5 Å². The maximum Gasteiger partial charge on any atom is 0.254 e. The van der Waals surface area contributed by atoms with Gasteiger partial charge in [0.1, 0.15) is 0 Å². The molecule has 4 rings (SSSR count). The number of nitriles is 1. The van der Waals surface area contributed by atoms with Crippen molar-refractivity contribution in [1.82, 2.24) is 15.1 Å². The van der Waals surface area contributed by atoms with E-state index in [9.17, 15) is 4.79 Å². The molecule has 0 spiro atoms. The van der Waals surface area contributed by atoms with Crippen molar-refractivity contribution in [1.29, 1.82) is 5.26 Å². The van der Waals surface area contributed by atoms with E-state index >= 15 is 0 Å². The van der Waals surface area contributed by atoms with Crippen LogP contribution < -0.4 is 4.90 Å². The third kappa shape index (κ3) is 2.72. The second kappa shape index (κ2) is 6.17. The number of nitrogens with zero attached hydrogens (tertiary/aromatic N) is 5. The maximum absolute atomic E-state index is 12.9. The molecule has 0 bridgehead atoms. The van der Waals surface area contributed by atoms with Gasteiger partial charge in [0, 0.05) is 18.7 Å². The van der Waals surface area contributed by atoms with E-state index in [1.165, 1.54) is 0 Å². The fourth-order valence-corrected chi connectivity index (χ4v) is 3.96. The van der Waals surface area contributed by atoms with E-state index in [-0.39, 0.29) is 11.9 Å². The van der Waals surface area contributed by atoms with Crippen LogP contribution in [0.25, 0.3) is 0 Å². The molecule has 2 aliphatic rings. The van der Waals surface area contributed by atoms with Gasteiger partial charge in [-0.05, 0) is 50.1 Å². The second-order valence-electron chi connectivity index (χ2n) is 6.63. The van der Waals surface area contributed by atoms with E-state index in [1.54, 1.807) is 24.3 Å². The molecule has 25 heavy (non-hydrogen) atoms. The molecule has 2 aliphatic heterocycles. The van der Waals surface area contributed by atoms with Crippen LogP contribution in [0.2, 0.25) is 0 Å². The highest BCUT2D eigenvalue weighted by atomic mass is 16.2. The lowest BCUT2D eigenvalue weighted by Gasteiger charge is -2.26. The number of benzene rings is 1. The lowest BCUT2D eigenvalue weighted by Crippen LogP contribution is -2.40. The minimum absolute atomic E-state index is 0.0152. The Morgan fingerprint density at radius 1 is 1.16 bits per heavy atom. The summed E-state index contributed by atoms with van der Waals surface area (Å²) >= 11 is 0. The summed E-state index contributed by atoms with van der Waals surface area (Å²) in [7, 11) is 0. The van der Waals surface area contributed by atoms with Gasteiger partial charge in [0.25, 0.3) is 5.91 Å². The topological polar surface area (TPSA) is 73.1 Å². The van der Waals surface area contributed by atoms with Gasteiger partial charge in [-0.25, -0.2) is 0 Å². The number of carbonyl (C=O) groups excluding carboxylic acids is 1. The van der Waals surface area contributed by atoms with Crippen molar-refractivity contribution in [3.05, 3.63) is 53.2 Å². The molecule has 6 nitrogen and oxygen atoms in total. The number of aryl methyl sites for hydroxylation is 1. The van der Waals surface area contributed by atoms with Gasteiger partial charge in [0.2, 0.25) is 0 Å². The Hall–Kier alpha value is -2.94. The predicted octanol–water partition coefficient (Wildman–Crippen LogP) is 2.15. The Bertz CT molecular complexity index is 842. The average Bonchev–Trinajstić information content (AvgIpc) is 3.24. The molecule has 1 aromatic heterocycles. The first kappa shape index (κ1) is 15.6. The summed E-state index contributed by atoms with van der Waals surface area (Å²) in [5, 5.41) is 17.5. The molecule has 6 heteroatoms. The molecule has 2 saturated heterocycles. The predicted molar refractivity (Wildman–Crippen MR) is 93.1 cm³/mol. The fraction of sp³-hybridized carbons (Fsp3) is 0.368. The average molecular weight is 333 g/mol. The lowest BCUT2D eigenvalue weighted by molar-refractivity contribution is 0.0737. The van der Waals surface area contributed by atoms with E-state index in [0.717, 1.165) is 37.4 Å². The summed E-state index contributed by atoms with van der Waals surface area (Å²) in [4.78, 5) is 17.2. The molecule has 2 atom stereocenters. The van der Waals surface area contributed by atoms with Crippen molar-refractivity contribution in [3.8, 4) is 6.07 Å². The van der Waals surface area contributed by atoms with Crippen molar-refractivity contribution >= 4 is 11.7 Å². The standard InChI is InChI=1S/C19H19N5O/c1-13-5-6-18(22-21-13)23-9-7-17-16(23)8-10-24(17)19(25)15-4-2-3-14(11-15)12-20/h2-6,11,16-17H,7-10H2,1H3/t16-,17+/m0/s1. The highest BCUT2D eigenvalue weighted by molar-refractivity contribution is 5.95. The van der Waals surface area contributed by atoms with Crippen LogP contribution >= 0.6 is 0 Å². The zero-order valence-corrected chi connectivity index (χ0v) is 14.1. The van der Waals surface area contributed by atoms with Crippen LogP contribution in [0.15, 0.2) is 36.4 Å². The Balaban J connectivity index is 1.54. The lowest BCUT2D eigenvalue weighted by atomic mass is 10.1. The summed E-state index contributed by atoms with van der Waals surface area (Å²) in [5.41, 5.74) is 2.01. The van der Waals surface area contributed by atoms with Crippen molar-refractivity contribution < 1.29 is 4.79 Å². The molecule has 0 aliphatic carbocycles. The SMILES string of the molecule is Cc1ccc(N2CC[C@@H]3[C@@H]2CCN3C(=O)c2cccc(C#N)c2)nn1. The normalized spacial score (nSPS) is 21.9. The number of fused-ring (bicyclic) bond motifs is 1. The van der Waals surface area contributed by atoms with E-state index in [2.05, 4.69) is 21.2 Å². The molecular formula is C19H19N5O. The highest BCUT2D eigenvalue weighted by Gasteiger charge is 2.45. The minimum Gasteiger partial charge on any atom is -0.350 e. The summed E-state index contributed by atoms with van der Waals surface area (Å²) in [5.74, 6) is 0.903. The molecule has 126 valence electrons. The first-order chi connectivity index (χ1) is 12.2. The summed E-state index contributed by atoms with van der Waals surface area (Å²) < 4.78 is 0. The molecule has 0 radical (unpaired) electrons. The van der Waals surface area contributed by atoms with Crippen LogP contribution in [-0.2, 0) is 0 Å². The molecule has 2 fully saturated rings. The molecule has 0 saturated carbocycles. The fourth-order valence-electron chi connectivity index (χ4n) is 3.96. The van der Waals surface area contributed by atoms with Crippen LogP contribution in [0, 0.1) is 18.3 Å². The summed E-state index contributed by atoms with van der Waals surface area (Å²) in [6.07, 6.45) is 1.87. The number of rotatable bonds is 2. The quantitative estimate of drug-likeness (QED) is 0.842. The summed E-state index contributed by atoms with van der Waals surface area (Å²) in [6.45, 7) is 3.55. The Morgan fingerprint density at radius 2 is 2.00 bits per heavy atom. The number of likely N-dealkylation sites (tertiary alicyclic amines) is 1. The van der Waals surface area contributed by atoms with Gasteiger partial charge in [0.15, 0.2) is 5.82 Å². The van der Waals surface area contributed by atoms with E-state index in [0.29, 0.717) is 17.2 Å². The van der Waals surface area contributed by atoms with E-state index in [4.69, 9.17) is 5.26 Å². The molecule has 1 amide bonds.